The number of aromatic nitrogens is 2. The maximum atomic E-state index is 14.2. The van der Waals surface area contributed by atoms with E-state index < -0.39 is 23.6 Å². The second-order valence-electron chi connectivity index (χ2n) is 19.1. The number of carbonyl (C=O) groups excluding carboxylic acids is 4. The van der Waals surface area contributed by atoms with Gasteiger partial charge in [-0.15, -0.1) is 16.6 Å². The molecule has 4 aliphatic heterocycles. The number of nitrogens with zero attached hydrogens (tertiary/aromatic N) is 7. The van der Waals surface area contributed by atoms with Gasteiger partial charge < -0.3 is 40.9 Å². The topological polar surface area (TPSA) is 187 Å². The van der Waals surface area contributed by atoms with Gasteiger partial charge in [0.2, 0.25) is 23.6 Å². The first kappa shape index (κ1) is 44.8. The molecule has 4 atom stereocenters. The molecule has 3 saturated heterocycles. The van der Waals surface area contributed by atoms with Crippen molar-refractivity contribution in [2.24, 2.45) is 11.3 Å². The Hall–Kier alpha value is -5.76. The number of piperazine rings is 2. The van der Waals surface area contributed by atoms with Crippen LogP contribution in [0.2, 0.25) is 0 Å². The molecule has 0 radical (unpaired) electrons. The molecule has 4 amide bonds. The first-order chi connectivity index (χ1) is 30.7. The molecule has 1 aliphatic carbocycles. The normalized spacial score (nSPS) is 24.4. The van der Waals surface area contributed by atoms with Crippen LogP contribution < -0.4 is 20.9 Å². The number of aromatic hydroxyl groups is 1. The summed E-state index contributed by atoms with van der Waals surface area (Å²) in [5.41, 5.74) is 3.18. The fourth-order valence-corrected chi connectivity index (χ4v) is 10.1. The second kappa shape index (κ2) is 19.1. The number of aliphatic hydroxyl groups is 1. The van der Waals surface area contributed by atoms with Crippen molar-refractivity contribution < 1.29 is 29.4 Å². The van der Waals surface area contributed by atoms with Crippen LogP contribution in [0.3, 0.4) is 0 Å². The minimum Gasteiger partial charge on any atom is -0.507 e. The number of para-hydroxylation sites is 1. The molecule has 5 heterocycles. The van der Waals surface area contributed by atoms with Gasteiger partial charge in [-0.3, -0.25) is 29.0 Å². The van der Waals surface area contributed by atoms with Crippen LogP contribution in [0.25, 0.3) is 11.3 Å². The molecular weight excluding hydrogens is 813 g/mol. The van der Waals surface area contributed by atoms with Crippen molar-refractivity contribution in [3.63, 3.8) is 0 Å². The Kier molecular flexibility index (Phi) is 13.4. The average molecular weight is 875 g/mol. The van der Waals surface area contributed by atoms with Crippen molar-refractivity contribution in [2.45, 2.75) is 89.7 Å². The average Bonchev–Trinajstić information content (AvgIpc) is 3.71. The van der Waals surface area contributed by atoms with Gasteiger partial charge in [-0.25, -0.2) is 0 Å². The highest BCUT2D eigenvalue weighted by Gasteiger charge is 2.45. The van der Waals surface area contributed by atoms with E-state index in [4.69, 9.17) is 6.42 Å². The number of hydrogen-bond donors (Lipinski definition) is 5. The minimum atomic E-state index is -0.876. The molecule has 8 rings (SSSR count). The molecule has 1 aromatic heterocycles. The molecule has 64 heavy (non-hydrogen) atoms. The molecule has 5 aliphatic rings. The number of rotatable bonds is 10. The summed E-state index contributed by atoms with van der Waals surface area (Å²) >= 11 is 0. The molecule has 340 valence electrons. The lowest BCUT2D eigenvalue weighted by atomic mass is 9.82. The Bertz CT molecular complexity index is 2230. The van der Waals surface area contributed by atoms with E-state index in [-0.39, 0.29) is 60.8 Å². The molecule has 2 aromatic carbocycles. The largest absolute Gasteiger partial charge is 0.507 e. The number of nitrogens with one attached hydrogen (secondary N) is 3. The molecule has 0 bridgehead atoms. The molecule has 0 spiro atoms. The van der Waals surface area contributed by atoms with Crippen molar-refractivity contribution in [1.82, 2.24) is 40.4 Å². The van der Waals surface area contributed by atoms with Crippen LogP contribution in [-0.4, -0.2) is 159 Å². The summed E-state index contributed by atoms with van der Waals surface area (Å²) in [5.74, 6) is 2.51. The molecule has 1 saturated carbocycles. The molecule has 4 fully saturated rings. The lowest BCUT2D eigenvalue weighted by molar-refractivity contribution is -0.144. The zero-order valence-corrected chi connectivity index (χ0v) is 37.2. The van der Waals surface area contributed by atoms with Gasteiger partial charge in [-0.05, 0) is 67.0 Å². The highest BCUT2D eigenvalue weighted by molar-refractivity contribution is 5.93. The number of phenols is 1. The van der Waals surface area contributed by atoms with Gasteiger partial charge in [-0.1, -0.05) is 51.0 Å². The van der Waals surface area contributed by atoms with Gasteiger partial charge in [-0.2, -0.15) is 0 Å². The van der Waals surface area contributed by atoms with Gasteiger partial charge >= 0.3 is 0 Å². The van der Waals surface area contributed by atoms with Crippen LogP contribution in [0.1, 0.15) is 64.0 Å². The Morgan fingerprint density at radius 1 is 0.906 bits per heavy atom. The van der Waals surface area contributed by atoms with E-state index in [9.17, 15) is 29.4 Å². The second-order valence-corrected chi connectivity index (χ2v) is 19.1. The Balaban J connectivity index is 0.780. The van der Waals surface area contributed by atoms with Crippen LogP contribution in [0.5, 0.6) is 5.75 Å². The van der Waals surface area contributed by atoms with E-state index >= 15 is 0 Å². The lowest BCUT2D eigenvalue weighted by Crippen LogP contribution is -2.60. The van der Waals surface area contributed by atoms with Crippen molar-refractivity contribution in [2.75, 3.05) is 75.7 Å². The zero-order valence-electron chi connectivity index (χ0n) is 37.2. The predicted molar refractivity (Wildman–Crippen MR) is 243 cm³/mol. The number of fused-ring (bicyclic) bond motifs is 3. The third-order valence-corrected chi connectivity index (χ3v) is 13.8. The first-order valence-electron chi connectivity index (χ1n) is 22.8. The number of benzene rings is 2. The maximum Gasteiger partial charge on any atom is 0.246 e. The summed E-state index contributed by atoms with van der Waals surface area (Å²) in [5, 5.41) is 39.2. The van der Waals surface area contributed by atoms with Crippen molar-refractivity contribution in [3.05, 3.63) is 65.7 Å². The molecule has 16 nitrogen and oxygen atoms in total. The van der Waals surface area contributed by atoms with Crippen molar-refractivity contribution >= 4 is 35.1 Å². The van der Waals surface area contributed by atoms with Crippen molar-refractivity contribution in [1.29, 1.82) is 0 Å². The van der Waals surface area contributed by atoms with Crippen LogP contribution in [0.15, 0.2) is 54.6 Å². The van der Waals surface area contributed by atoms with E-state index in [1.807, 2.05) is 56.0 Å². The fraction of sp³-hybridized carbons (Fsp3) is 0.542. The Morgan fingerprint density at radius 3 is 2.34 bits per heavy atom. The molecule has 16 heteroatoms. The summed E-state index contributed by atoms with van der Waals surface area (Å²) < 4.78 is 0. The number of carbonyl (C=O) groups is 4. The Labute approximate surface area is 375 Å². The summed E-state index contributed by atoms with van der Waals surface area (Å²) in [7, 11) is 0. The highest BCUT2D eigenvalue weighted by Crippen LogP contribution is 2.36. The number of anilines is 2. The van der Waals surface area contributed by atoms with Gasteiger partial charge in [0.25, 0.3) is 0 Å². The summed E-state index contributed by atoms with van der Waals surface area (Å²) in [6, 6.07) is 15.2. The third-order valence-electron chi connectivity index (χ3n) is 13.8. The van der Waals surface area contributed by atoms with Gasteiger partial charge in [0, 0.05) is 95.0 Å². The van der Waals surface area contributed by atoms with E-state index in [2.05, 4.69) is 46.8 Å². The van der Waals surface area contributed by atoms with E-state index in [0.717, 1.165) is 68.2 Å². The standard InChI is InChI=1S/C48H62N10O6/c1-5-31-10-12-32(13-11-31)26-50-46(63)40-24-36(59)29-58(40)47(64)43(48(2,3)4)51-45(62)33-14-16-34(17-15-33)55-19-21-56(22-20-55)42(61)30-54-18-23-57-35(28-54)27-49-44-39(57)25-38(52-53-44)37-8-6-7-9-41(37)60/h1,6-13,25,33-36,40,43,59-60H,14-24,26-30H2,2-4H3,(H,49,53)(H,50,63)(H,51,62)/t33-,34-,35-,36+,40-,43+/m0/s1. The van der Waals surface area contributed by atoms with Crippen molar-refractivity contribution in [3.8, 4) is 29.4 Å². The maximum absolute atomic E-state index is 14.2. The van der Waals surface area contributed by atoms with Crippen LogP contribution in [0, 0.1) is 23.7 Å². The quantitative estimate of drug-likeness (QED) is 0.188. The number of β-amino-alcohol motifs (C(OH)–C–C–N with tert-alkyl or cyclic N) is 1. The summed E-state index contributed by atoms with van der Waals surface area (Å²) in [6.07, 6.45) is 7.85. The minimum absolute atomic E-state index is 0.0194. The van der Waals surface area contributed by atoms with Gasteiger partial charge in [0.15, 0.2) is 5.82 Å². The van der Waals surface area contributed by atoms with Gasteiger partial charge in [0.05, 0.1) is 30.1 Å². The molecular formula is C48H62N10O6. The number of aliphatic hydroxyl groups excluding tert-OH is 1. The fourth-order valence-electron chi connectivity index (χ4n) is 10.1. The molecule has 5 N–H and O–H groups in total. The highest BCUT2D eigenvalue weighted by atomic mass is 16.3. The zero-order chi connectivity index (χ0) is 45.1. The Morgan fingerprint density at radius 2 is 1.64 bits per heavy atom. The van der Waals surface area contributed by atoms with Gasteiger partial charge in [0.1, 0.15) is 17.8 Å². The smallest absolute Gasteiger partial charge is 0.246 e. The predicted octanol–water partition coefficient (Wildman–Crippen LogP) is 2.26. The summed E-state index contributed by atoms with van der Waals surface area (Å²) in [6.45, 7) is 12.2. The van der Waals surface area contributed by atoms with E-state index in [1.54, 1.807) is 24.3 Å². The SMILES string of the molecule is C#Cc1ccc(CNC(=O)[C@@H]2C[C@@H](O)CN2C(=O)[C@@H](NC(=O)[C@H]2CC[C@H](N3CCN(C(=O)CN4CCN5c6cc(-c7ccccc7O)nnc6NC[C@H]5C4)CC3)CC2)C(C)(C)C)cc1. The molecule has 0 unspecified atom stereocenters. The lowest BCUT2D eigenvalue weighted by Gasteiger charge is -2.46. The van der Waals surface area contributed by atoms with Crippen LogP contribution in [-0.2, 0) is 25.7 Å². The third kappa shape index (κ3) is 9.96. The monoisotopic (exact) mass is 874 g/mol. The van der Waals surface area contributed by atoms with Crippen LogP contribution >= 0.6 is 0 Å². The number of amides is 4. The van der Waals surface area contributed by atoms with Crippen LogP contribution in [0.4, 0.5) is 11.5 Å². The number of hydrogen-bond acceptors (Lipinski definition) is 12. The first-order valence-corrected chi connectivity index (χ1v) is 22.8. The number of phenolic OH excluding ortho intramolecular Hbond substituents is 1. The van der Waals surface area contributed by atoms with E-state index in [1.165, 1.54) is 4.90 Å². The van der Waals surface area contributed by atoms with E-state index in [0.29, 0.717) is 56.3 Å². The number of likely N-dealkylation sites (tertiary alicyclic amines) is 1. The number of terminal acetylenes is 1. The summed E-state index contributed by atoms with van der Waals surface area (Å²) in [4.78, 5) is 65.5. The molecule has 3 aromatic rings.